The van der Waals surface area contributed by atoms with Crippen LogP contribution in [0.1, 0.15) is 11.1 Å². The smallest absolute Gasteiger partial charge is 0.0998 e. The number of hydrogen-bond donors (Lipinski definition) is 0. The lowest BCUT2D eigenvalue weighted by molar-refractivity contribution is 1.19. The maximum Gasteiger partial charge on any atom is 0.0998 e. The Hall–Kier alpha value is -5.64. The summed E-state index contributed by atoms with van der Waals surface area (Å²) >= 11 is 0. The highest BCUT2D eigenvalue weighted by Gasteiger charge is 2.25. The van der Waals surface area contributed by atoms with Gasteiger partial charge in [-0.2, -0.15) is 10.5 Å². The highest BCUT2D eigenvalue weighted by atomic mass is 15.0. The average Bonchev–Trinajstić information content (AvgIpc) is 3.50. The van der Waals surface area contributed by atoms with E-state index < -0.39 is 0 Å². The standard InChI is InChI=1S/C36H19N3/c37-20-22-8-7-9-23(21-38)35(22)25-16-24-17-26(19-32-28-11-2-1-10-27(28)31(18-25)36(24)32)39-33-14-5-3-12-29(33)30-13-4-6-15-34(30)39/h1-19H. The van der Waals surface area contributed by atoms with E-state index >= 15 is 0 Å². The summed E-state index contributed by atoms with van der Waals surface area (Å²) in [4.78, 5) is 0. The topological polar surface area (TPSA) is 52.5 Å². The molecule has 8 rings (SSSR count). The summed E-state index contributed by atoms with van der Waals surface area (Å²) in [5.74, 6) is 0. The van der Waals surface area contributed by atoms with Crippen molar-refractivity contribution < 1.29 is 0 Å². The molecule has 1 aliphatic carbocycles. The van der Waals surface area contributed by atoms with Crippen molar-refractivity contribution in [3.8, 4) is 51.2 Å². The normalized spacial score (nSPS) is 11.5. The van der Waals surface area contributed by atoms with Gasteiger partial charge in [0.25, 0.3) is 0 Å². The van der Waals surface area contributed by atoms with Crippen LogP contribution in [0.25, 0.3) is 71.6 Å². The third-order valence-corrected chi connectivity index (χ3v) is 7.97. The van der Waals surface area contributed by atoms with Crippen LogP contribution in [-0.4, -0.2) is 4.57 Å². The Kier molecular flexibility index (Phi) is 4.36. The molecule has 1 aromatic heterocycles. The molecule has 3 heteroatoms. The molecule has 0 amide bonds. The summed E-state index contributed by atoms with van der Waals surface area (Å²) in [6.45, 7) is 0. The van der Waals surface area contributed by atoms with Crippen molar-refractivity contribution in [2.75, 3.05) is 0 Å². The molecule has 0 N–H and O–H groups in total. The molecule has 3 nitrogen and oxygen atoms in total. The number of nitriles is 2. The number of para-hydroxylation sites is 2. The lowest BCUT2D eigenvalue weighted by Crippen LogP contribution is -1.95. The minimum atomic E-state index is 0.505. The summed E-state index contributed by atoms with van der Waals surface area (Å²) in [6.07, 6.45) is 0. The van der Waals surface area contributed by atoms with E-state index in [1.165, 1.54) is 32.8 Å². The lowest BCUT2D eigenvalue weighted by atomic mass is 9.91. The number of nitrogens with zero attached hydrogens (tertiary/aromatic N) is 3. The first-order chi connectivity index (χ1) is 19.3. The van der Waals surface area contributed by atoms with E-state index in [9.17, 15) is 10.5 Å². The number of rotatable bonds is 2. The first kappa shape index (κ1) is 21.4. The molecule has 1 aliphatic rings. The van der Waals surface area contributed by atoms with Crippen molar-refractivity contribution in [2.45, 2.75) is 0 Å². The second kappa shape index (κ2) is 7.93. The van der Waals surface area contributed by atoms with E-state index in [2.05, 4.69) is 114 Å². The van der Waals surface area contributed by atoms with E-state index in [0.29, 0.717) is 16.7 Å². The minimum Gasteiger partial charge on any atom is -0.309 e. The van der Waals surface area contributed by atoms with Crippen molar-refractivity contribution in [2.24, 2.45) is 0 Å². The van der Waals surface area contributed by atoms with Gasteiger partial charge in [-0.15, -0.1) is 0 Å². The molecule has 0 saturated heterocycles. The summed E-state index contributed by atoms with van der Waals surface area (Å²) in [7, 11) is 0. The zero-order chi connectivity index (χ0) is 26.1. The molecule has 39 heavy (non-hydrogen) atoms. The van der Waals surface area contributed by atoms with Gasteiger partial charge in [-0.3, -0.25) is 0 Å². The van der Waals surface area contributed by atoms with E-state index in [1.807, 2.05) is 0 Å². The Labute approximate surface area is 225 Å². The first-order valence-corrected chi connectivity index (χ1v) is 12.9. The van der Waals surface area contributed by atoms with Crippen LogP contribution >= 0.6 is 0 Å². The predicted octanol–water partition coefficient (Wildman–Crippen LogP) is 8.99. The summed E-state index contributed by atoms with van der Waals surface area (Å²) in [6, 6.07) is 44.4. The molecule has 0 aliphatic heterocycles. The van der Waals surface area contributed by atoms with Gasteiger partial charge in [0.1, 0.15) is 0 Å². The fourth-order valence-corrected chi connectivity index (χ4v) is 6.40. The molecular weight excluding hydrogens is 474 g/mol. The van der Waals surface area contributed by atoms with Crippen LogP contribution in [0.4, 0.5) is 0 Å². The van der Waals surface area contributed by atoms with Crippen molar-refractivity contribution in [1.29, 1.82) is 10.5 Å². The third kappa shape index (κ3) is 2.90. The molecular formula is C36H19N3. The largest absolute Gasteiger partial charge is 0.309 e. The van der Waals surface area contributed by atoms with Gasteiger partial charge in [-0.1, -0.05) is 66.7 Å². The van der Waals surface area contributed by atoms with Crippen LogP contribution in [0.2, 0.25) is 0 Å². The number of aromatic nitrogens is 1. The average molecular weight is 494 g/mol. The Morgan fingerprint density at radius 1 is 0.513 bits per heavy atom. The van der Waals surface area contributed by atoms with Crippen molar-refractivity contribution in [3.05, 3.63) is 126 Å². The number of fused-ring (bicyclic) bond motifs is 6. The van der Waals surface area contributed by atoms with E-state index in [4.69, 9.17) is 0 Å². The second-order valence-corrected chi connectivity index (χ2v) is 9.98. The molecule has 0 radical (unpaired) electrons. The van der Waals surface area contributed by atoms with E-state index in [-0.39, 0.29) is 0 Å². The highest BCUT2D eigenvalue weighted by molar-refractivity contribution is 6.18. The zero-order valence-corrected chi connectivity index (χ0v) is 20.8. The van der Waals surface area contributed by atoms with Gasteiger partial charge in [0.05, 0.1) is 34.3 Å². The zero-order valence-electron chi connectivity index (χ0n) is 20.8. The fourth-order valence-electron chi connectivity index (χ4n) is 6.40. The maximum atomic E-state index is 9.92. The Morgan fingerprint density at radius 2 is 1.08 bits per heavy atom. The van der Waals surface area contributed by atoms with Gasteiger partial charge in [0, 0.05) is 22.0 Å². The van der Waals surface area contributed by atoms with Crippen LogP contribution in [0, 0.1) is 22.7 Å². The predicted molar refractivity (Wildman–Crippen MR) is 158 cm³/mol. The maximum absolute atomic E-state index is 9.92. The molecule has 0 saturated carbocycles. The Balaban J connectivity index is 1.52. The summed E-state index contributed by atoms with van der Waals surface area (Å²) in [5, 5.41) is 24.6. The number of benzene rings is 6. The quantitative estimate of drug-likeness (QED) is 0.241. The van der Waals surface area contributed by atoms with Gasteiger partial charge >= 0.3 is 0 Å². The molecule has 0 unspecified atom stereocenters. The molecule has 0 atom stereocenters. The third-order valence-electron chi connectivity index (χ3n) is 7.97. The molecule has 0 spiro atoms. The monoisotopic (exact) mass is 493 g/mol. The first-order valence-electron chi connectivity index (χ1n) is 12.9. The Bertz CT molecular complexity index is 2170. The fraction of sp³-hybridized carbons (Fsp3) is 0. The molecule has 178 valence electrons. The van der Waals surface area contributed by atoms with Gasteiger partial charge < -0.3 is 4.57 Å². The highest BCUT2D eigenvalue weighted by Crippen LogP contribution is 2.50. The van der Waals surface area contributed by atoms with Gasteiger partial charge in [-0.25, -0.2) is 0 Å². The van der Waals surface area contributed by atoms with Crippen molar-refractivity contribution in [3.63, 3.8) is 0 Å². The van der Waals surface area contributed by atoms with Crippen molar-refractivity contribution in [1.82, 2.24) is 4.57 Å². The van der Waals surface area contributed by atoms with Gasteiger partial charge in [0.2, 0.25) is 0 Å². The summed E-state index contributed by atoms with van der Waals surface area (Å²) < 4.78 is 2.35. The van der Waals surface area contributed by atoms with Gasteiger partial charge in [0.15, 0.2) is 0 Å². The molecule has 0 bridgehead atoms. The number of hydrogen-bond acceptors (Lipinski definition) is 2. The van der Waals surface area contributed by atoms with Crippen LogP contribution in [0.3, 0.4) is 0 Å². The van der Waals surface area contributed by atoms with E-state index in [0.717, 1.165) is 33.2 Å². The van der Waals surface area contributed by atoms with Crippen LogP contribution in [0.15, 0.2) is 115 Å². The molecule has 1 heterocycles. The SMILES string of the molecule is N#Cc1cccc(C#N)c1-c1cc2c3c(cc(-n4c5ccccc5c5ccccc54)cc3c1)-c1ccccc1-2. The van der Waals surface area contributed by atoms with Crippen molar-refractivity contribution >= 4 is 32.6 Å². The Morgan fingerprint density at radius 3 is 1.69 bits per heavy atom. The van der Waals surface area contributed by atoms with Crippen LogP contribution in [-0.2, 0) is 0 Å². The second-order valence-electron chi connectivity index (χ2n) is 9.98. The van der Waals surface area contributed by atoms with Crippen LogP contribution in [0.5, 0.6) is 0 Å². The lowest BCUT2D eigenvalue weighted by Gasteiger charge is -2.14. The van der Waals surface area contributed by atoms with Crippen LogP contribution < -0.4 is 0 Å². The summed E-state index contributed by atoms with van der Waals surface area (Å²) in [5.41, 5.74) is 10.7. The van der Waals surface area contributed by atoms with E-state index in [1.54, 1.807) is 18.2 Å². The molecule has 6 aromatic carbocycles. The molecule has 0 fully saturated rings. The minimum absolute atomic E-state index is 0.505. The van der Waals surface area contributed by atoms with Gasteiger partial charge in [-0.05, 0) is 87.1 Å². The molecule has 7 aromatic rings.